The van der Waals surface area contributed by atoms with Crippen LogP contribution in [0.4, 0.5) is 24.8 Å². The molecule has 0 unspecified atom stereocenters. The van der Waals surface area contributed by atoms with Crippen LogP contribution in [0.3, 0.4) is 0 Å². The van der Waals surface area contributed by atoms with Gasteiger partial charge in [0.1, 0.15) is 11.9 Å². The Labute approximate surface area is 186 Å². The normalized spacial score (nSPS) is 14.5. The first kappa shape index (κ1) is 23.3. The van der Waals surface area contributed by atoms with Gasteiger partial charge < -0.3 is 15.0 Å². The van der Waals surface area contributed by atoms with Crippen LogP contribution in [0.2, 0.25) is 5.02 Å². The molecule has 1 N–H and O–H groups in total. The number of ether oxygens (including phenoxy) is 1. The second-order valence-electron chi connectivity index (χ2n) is 6.99. The summed E-state index contributed by atoms with van der Waals surface area (Å²) in [4.78, 5) is 33.9. The molecule has 0 aliphatic carbocycles. The predicted octanol–water partition coefficient (Wildman–Crippen LogP) is 3.42. The summed E-state index contributed by atoms with van der Waals surface area (Å²) < 4.78 is 42.9. The Balaban J connectivity index is 1.46. The quantitative estimate of drug-likeness (QED) is 0.671. The van der Waals surface area contributed by atoms with Gasteiger partial charge in [-0.15, -0.1) is 0 Å². The lowest BCUT2D eigenvalue weighted by Crippen LogP contribution is -2.38. The zero-order valence-electron chi connectivity index (χ0n) is 16.5. The molecule has 0 atom stereocenters. The topological polar surface area (TPSA) is 108 Å². The van der Waals surface area contributed by atoms with E-state index in [1.807, 2.05) is 11.0 Å². The molecule has 1 fully saturated rings. The standard InChI is InChI=1S/C20H17ClF3N5O3/c21-15-7-14(20(22,23)24)10-27-18(15)28-17(30)11-32-19(31)13-3-5-29(6-4-13)16-2-1-12(8-25)9-26-16/h1-2,7,9-10,13H,3-6,11H2,(H,27,28,30). The lowest BCUT2D eigenvalue weighted by atomic mass is 9.97. The summed E-state index contributed by atoms with van der Waals surface area (Å²) in [5, 5.41) is 10.7. The molecule has 2 aromatic heterocycles. The van der Waals surface area contributed by atoms with Crippen LogP contribution in [-0.2, 0) is 20.5 Å². The number of amides is 1. The number of halogens is 4. The van der Waals surface area contributed by atoms with Crippen molar-refractivity contribution in [1.82, 2.24) is 9.97 Å². The summed E-state index contributed by atoms with van der Waals surface area (Å²) >= 11 is 5.73. The molecule has 32 heavy (non-hydrogen) atoms. The second kappa shape index (κ2) is 9.82. The van der Waals surface area contributed by atoms with Crippen molar-refractivity contribution < 1.29 is 27.5 Å². The van der Waals surface area contributed by atoms with E-state index in [1.165, 1.54) is 6.20 Å². The van der Waals surface area contributed by atoms with Crippen LogP contribution in [-0.4, -0.2) is 41.5 Å². The van der Waals surface area contributed by atoms with Gasteiger partial charge in [-0.1, -0.05) is 11.6 Å². The van der Waals surface area contributed by atoms with Gasteiger partial charge in [0.05, 0.1) is 22.1 Å². The molecule has 1 amide bonds. The number of hydrogen-bond acceptors (Lipinski definition) is 7. The van der Waals surface area contributed by atoms with Gasteiger partial charge in [0.2, 0.25) is 0 Å². The molecule has 3 rings (SSSR count). The molecule has 0 bridgehead atoms. The van der Waals surface area contributed by atoms with Crippen molar-refractivity contribution >= 4 is 35.1 Å². The first-order chi connectivity index (χ1) is 15.2. The van der Waals surface area contributed by atoms with Crippen molar-refractivity contribution in [2.24, 2.45) is 5.92 Å². The van der Waals surface area contributed by atoms with Gasteiger partial charge in [0, 0.05) is 25.5 Å². The number of nitrogens with zero attached hydrogens (tertiary/aromatic N) is 4. The highest BCUT2D eigenvalue weighted by Gasteiger charge is 2.32. The fourth-order valence-electron chi connectivity index (χ4n) is 3.09. The molecule has 0 saturated carbocycles. The number of esters is 1. The number of nitrogens with one attached hydrogen (secondary N) is 1. The lowest BCUT2D eigenvalue weighted by molar-refractivity contribution is -0.152. The Kier molecular flexibility index (Phi) is 7.15. The van der Waals surface area contributed by atoms with Crippen LogP contribution in [0.15, 0.2) is 30.6 Å². The SMILES string of the molecule is N#Cc1ccc(N2CCC(C(=O)OCC(=O)Nc3ncc(C(F)(F)F)cc3Cl)CC2)nc1. The molecule has 1 saturated heterocycles. The molecule has 1 aliphatic rings. The van der Waals surface area contributed by atoms with E-state index in [9.17, 15) is 22.8 Å². The average molecular weight is 468 g/mol. The minimum Gasteiger partial charge on any atom is -0.455 e. The van der Waals surface area contributed by atoms with Crippen molar-refractivity contribution in [3.63, 3.8) is 0 Å². The first-order valence-corrected chi connectivity index (χ1v) is 9.85. The molecule has 1 aliphatic heterocycles. The van der Waals surface area contributed by atoms with Crippen LogP contribution in [0.1, 0.15) is 24.0 Å². The summed E-state index contributed by atoms with van der Waals surface area (Å²) in [6.07, 6.45) is -1.60. The summed E-state index contributed by atoms with van der Waals surface area (Å²) in [5.41, 5.74) is -0.590. The Morgan fingerprint density at radius 2 is 1.97 bits per heavy atom. The summed E-state index contributed by atoms with van der Waals surface area (Å²) in [6, 6.07) is 6.05. The Hall–Kier alpha value is -3.39. The number of hydrogen-bond donors (Lipinski definition) is 1. The Bertz CT molecular complexity index is 1030. The van der Waals surface area contributed by atoms with Gasteiger partial charge in [-0.05, 0) is 31.0 Å². The van der Waals surface area contributed by atoms with E-state index in [0.29, 0.717) is 49.6 Å². The molecule has 0 spiro atoms. The molecular weight excluding hydrogens is 451 g/mol. The van der Waals surface area contributed by atoms with Crippen LogP contribution in [0.25, 0.3) is 0 Å². The van der Waals surface area contributed by atoms with E-state index in [4.69, 9.17) is 21.6 Å². The summed E-state index contributed by atoms with van der Waals surface area (Å²) in [7, 11) is 0. The number of nitriles is 1. The first-order valence-electron chi connectivity index (χ1n) is 9.47. The Morgan fingerprint density at radius 3 is 2.53 bits per heavy atom. The maximum absolute atomic E-state index is 12.6. The maximum Gasteiger partial charge on any atom is 0.417 e. The lowest BCUT2D eigenvalue weighted by Gasteiger charge is -2.31. The van der Waals surface area contributed by atoms with Crippen molar-refractivity contribution in [3.05, 3.63) is 46.7 Å². The van der Waals surface area contributed by atoms with Crippen LogP contribution in [0.5, 0.6) is 0 Å². The number of carbonyl (C=O) groups is 2. The Morgan fingerprint density at radius 1 is 1.25 bits per heavy atom. The number of piperidine rings is 1. The predicted molar refractivity (Wildman–Crippen MR) is 108 cm³/mol. The van der Waals surface area contributed by atoms with E-state index in [2.05, 4.69) is 15.3 Å². The van der Waals surface area contributed by atoms with Gasteiger partial charge in [-0.2, -0.15) is 18.4 Å². The third-order valence-corrected chi connectivity index (χ3v) is 5.09. The minimum absolute atomic E-state index is 0.260. The van der Waals surface area contributed by atoms with E-state index in [-0.39, 0.29) is 10.8 Å². The van der Waals surface area contributed by atoms with E-state index >= 15 is 0 Å². The molecule has 12 heteroatoms. The van der Waals surface area contributed by atoms with E-state index in [0.717, 1.165) is 0 Å². The number of pyridine rings is 2. The number of rotatable bonds is 5. The minimum atomic E-state index is -4.61. The molecule has 8 nitrogen and oxygen atoms in total. The zero-order chi connectivity index (χ0) is 23.3. The number of alkyl halides is 3. The highest BCUT2D eigenvalue weighted by atomic mass is 35.5. The van der Waals surface area contributed by atoms with Crippen molar-refractivity contribution in [3.8, 4) is 6.07 Å². The largest absolute Gasteiger partial charge is 0.455 e. The van der Waals surface area contributed by atoms with Gasteiger partial charge in [-0.3, -0.25) is 9.59 Å². The molecule has 0 radical (unpaired) electrons. The zero-order valence-corrected chi connectivity index (χ0v) is 17.3. The van der Waals surface area contributed by atoms with Gasteiger partial charge >= 0.3 is 12.1 Å². The van der Waals surface area contributed by atoms with E-state index < -0.39 is 36.1 Å². The van der Waals surface area contributed by atoms with Gasteiger partial charge in [-0.25, -0.2) is 9.97 Å². The number of anilines is 2. The van der Waals surface area contributed by atoms with Crippen LogP contribution < -0.4 is 10.2 Å². The highest BCUT2D eigenvalue weighted by Crippen LogP contribution is 2.32. The molecule has 2 aromatic rings. The van der Waals surface area contributed by atoms with E-state index in [1.54, 1.807) is 12.1 Å². The molecule has 3 heterocycles. The summed E-state index contributed by atoms with van der Waals surface area (Å²) in [6.45, 7) is 0.487. The van der Waals surface area contributed by atoms with Crippen molar-refractivity contribution in [1.29, 1.82) is 5.26 Å². The fraction of sp³-hybridized carbons (Fsp3) is 0.350. The van der Waals surface area contributed by atoms with Gasteiger partial charge in [0.25, 0.3) is 5.91 Å². The van der Waals surface area contributed by atoms with Crippen molar-refractivity contribution in [2.75, 3.05) is 29.9 Å². The maximum atomic E-state index is 12.6. The summed E-state index contributed by atoms with van der Waals surface area (Å²) in [5.74, 6) is -1.27. The van der Waals surface area contributed by atoms with Crippen LogP contribution >= 0.6 is 11.6 Å². The highest BCUT2D eigenvalue weighted by molar-refractivity contribution is 6.33. The number of aromatic nitrogens is 2. The third-order valence-electron chi connectivity index (χ3n) is 4.80. The van der Waals surface area contributed by atoms with Crippen LogP contribution in [0, 0.1) is 17.2 Å². The second-order valence-corrected chi connectivity index (χ2v) is 7.39. The third kappa shape index (κ3) is 5.85. The fourth-order valence-corrected chi connectivity index (χ4v) is 3.30. The molecular formula is C20H17ClF3N5O3. The number of carbonyl (C=O) groups excluding carboxylic acids is 2. The average Bonchev–Trinajstić information content (AvgIpc) is 2.78. The van der Waals surface area contributed by atoms with Gasteiger partial charge in [0.15, 0.2) is 12.4 Å². The molecule has 0 aromatic carbocycles. The monoisotopic (exact) mass is 467 g/mol. The smallest absolute Gasteiger partial charge is 0.417 e. The van der Waals surface area contributed by atoms with Crippen molar-refractivity contribution in [2.45, 2.75) is 19.0 Å². The molecule has 168 valence electrons.